The van der Waals surface area contributed by atoms with E-state index in [9.17, 15) is 0 Å². The molecule has 1 nitrogen and oxygen atoms in total. The van der Waals surface area contributed by atoms with Gasteiger partial charge in [0.1, 0.15) is 0 Å². The lowest BCUT2D eigenvalue weighted by Gasteiger charge is -2.22. The summed E-state index contributed by atoms with van der Waals surface area (Å²) in [6, 6.07) is 42.4. The second-order valence-electron chi connectivity index (χ2n) is 10.5. The first-order chi connectivity index (χ1) is 17.7. The van der Waals surface area contributed by atoms with E-state index >= 15 is 0 Å². The number of hydrogen-bond acceptors (Lipinski definition) is 0. The highest BCUT2D eigenvalue weighted by Crippen LogP contribution is 2.54. The zero-order valence-corrected chi connectivity index (χ0v) is 20.4. The molecule has 0 atom stereocenters. The lowest BCUT2D eigenvalue weighted by atomic mass is 9.81. The first-order valence-corrected chi connectivity index (χ1v) is 12.7. The molecule has 0 saturated heterocycles. The maximum Gasteiger partial charge on any atom is 0.0626 e. The molecule has 0 N–H and O–H groups in total. The highest BCUT2D eigenvalue weighted by atomic mass is 15.0. The molecule has 0 aliphatic heterocycles. The first kappa shape index (κ1) is 19.9. The Bertz CT molecular complexity index is 2000. The average molecular weight is 460 g/mol. The molecular formula is C35H25N. The number of benzene rings is 6. The molecule has 0 spiro atoms. The quantitative estimate of drug-likeness (QED) is 0.215. The van der Waals surface area contributed by atoms with Crippen molar-refractivity contribution < 1.29 is 0 Å². The van der Waals surface area contributed by atoms with Crippen LogP contribution in [0, 0.1) is 0 Å². The second-order valence-corrected chi connectivity index (χ2v) is 10.5. The molecule has 6 aromatic carbocycles. The van der Waals surface area contributed by atoms with E-state index in [0.717, 1.165) is 0 Å². The molecule has 1 heteroatoms. The Hall–Kier alpha value is -4.36. The minimum absolute atomic E-state index is 0.0255. The van der Waals surface area contributed by atoms with Crippen LogP contribution in [0.4, 0.5) is 0 Å². The van der Waals surface area contributed by atoms with E-state index in [1.165, 1.54) is 71.3 Å². The van der Waals surface area contributed by atoms with Crippen LogP contribution in [-0.2, 0) is 5.41 Å². The number of aromatic nitrogens is 1. The molecule has 8 rings (SSSR count). The van der Waals surface area contributed by atoms with Crippen molar-refractivity contribution in [1.29, 1.82) is 0 Å². The highest BCUT2D eigenvalue weighted by Gasteiger charge is 2.37. The minimum atomic E-state index is -0.0255. The largest absolute Gasteiger partial charge is 0.309 e. The molecule has 0 unspecified atom stereocenters. The van der Waals surface area contributed by atoms with Gasteiger partial charge in [-0.05, 0) is 56.6 Å². The van der Waals surface area contributed by atoms with Gasteiger partial charge in [0, 0.05) is 27.3 Å². The van der Waals surface area contributed by atoms with Gasteiger partial charge in [0.25, 0.3) is 0 Å². The molecule has 1 aromatic heterocycles. The first-order valence-electron chi connectivity index (χ1n) is 12.7. The molecule has 0 amide bonds. The van der Waals surface area contributed by atoms with Crippen LogP contribution >= 0.6 is 0 Å². The Morgan fingerprint density at radius 1 is 0.500 bits per heavy atom. The molecule has 170 valence electrons. The van der Waals surface area contributed by atoms with Crippen molar-refractivity contribution in [2.45, 2.75) is 19.3 Å². The standard InChI is InChI=1S/C35H25N/c1-35(2)28-18-10-8-16-25(28)33-29(35)21-20-27-31(33)23-14-6-7-15-24(23)32-26-17-9-11-19-30(26)36(34(27)32)22-12-4-3-5-13-22/h3-21H,1-2H3. The van der Waals surface area contributed by atoms with Crippen LogP contribution in [0.2, 0.25) is 0 Å². The lowest BCUT2D eigenvalue weighted by Crippen LogP contribution is -2.14. The molecule has 1 heterocycles. The predicted octanol–water partition coefficient (Wildman–Crippen LogP) is 9.40. The van der Waals surface area contributed by atoms with E-state index in [2.05, 4.69) is 134 Å². The predicted molar refractivity (Wildman–Crippen MR) is 153 cm³/mol. The van der Waals surface area contributed by atoms with Gasteiger partial charge in [0.15, 0.2) is 0 Å². The Kier molecular flexibility index (Phi) is 3.79. The zero-order chi connectivity index (χ0) is 24.0. The van der Waals surface area contributed by atoms with E-state index in [1.807, 2.05) is 0 Å². The Morgan fingerprint density at radius 2 is 1.14 bits per heavy atom. The molecule has 0 radical (unpaired) electrons. The summed E-state index contributed by atoms with van der Waals surface area (Å²) in [6.45, 7) is 4.73. The zero-order valence-electron chi connectivity index (χ0n) is 20.4. The van der Waals surface area contributed by atoms with Crippen molar-refractivity contribution in [2.24, 2.45) is 0 Å². The van der Waals surface area contributed by atoms with Crippen molar-refractivity contribution in [2.75, 3.05) is 0 Å². The van der Waals surface area contributed by atoms with E-state index in [0.29, 0.717) is 0 Å². The molecule has 0 bridgehead atoms. The third kappa shape index (κ3) is 2.35. The molecule has 1 aliphatic carbocycles. The summed E-state index contributed by atoms with van der Waals surface area (Å²) in [6.07, 6.45) is 0. The topological polar surface area (TPSA) is 4.93 Å². The molecular weight excluding hydrogens is 434 g/mol. The normalized spacial score (nSPS) is 14.1. The Balaban J connectivity index is 1.71. The van der Waals surface area contributed by atoms with Crippen LogP contribution in [0.15, 0.2) is 115 Å². The maximum atomic E-state index is 2.47. The Morgan fingerprint density at radius 3 is 1.94 bits per heavy atom. The van der Waals surface area contributed by atoms with Gasteiger partial charge in [-0.25, -0.2) is 0 Å². The maximum absolute atomic E-state index is 2.47. The minimum Gasteiger partial charge on any atom is -0.309 e. The van der Waals surface area contributed by atoms with Gasteiger partial charge in [-0.1, -0.05) is 111 Å². The van der Waals surface area contributed by atoms with E-state index in [-0.39, 0.29) is 5.41 Å². The number of fused-ring (bicyclic) bond motifs is 12. The van der Waals surface area contributed by atoms with Crippen LogP contribution in [0.25, 0.3) is 60.2 Å². The van der Waals surface area contributed by atoms with Gasteiger partial charge >= 0.3 is 0 Å². The number of para-hydroxylation sites is 2. The summed E-state index contributed by atoms with van der Waals surface area (Å²) in [5.41, 5.74) is 9.32. The van der Waals surface area contributed by atoms with Gasteiger partial charge < -0.3 is 4.57 Å². The van der Waals surface area contributed by atoms with Gasteiger partial charge in [0.2, 0.25) is 0 Å². The fraction of sp³-hybridized carbons (Fsp3) is 0.0857. The van der Waals surface area contributed by atoms with Crippen LogP contribution < -0.4 is 0 Å². The molecule has 36 heavy (non-hydrogen) atoms. The van der Waals surface area contributed by atoms with Crippen LogP contribution in [-0.4, -0.2) is 4.57 Å². The summed E-state index contributed by atoms with van der Waals surface area (Å²) in [5, 5.41) is 7.98. The summed E-state index contributed by atoms with van der Waals surface area (Å²) >= 11 is 0. The number of hydrogen-bond donors (Lipinski definition) is 0. The fourth-order valence-corrected chi connectivity index (χ4v) is 6.80. The van der Waals surface area contributed by atoms with Gasteiger partial charge in [-0.2, -0.15) is 0 Å². The number of rotatable bonds is 1. The van der Waals surface area contributed by atoms with Crippen LogP contribution in [0.1, 0.15) is 25.0 Å². The summed E-state index contributed by atoms with van der Waals surface area (Å²) in [4.78, 5) is 0. The monoisotopic (exact) mass is 459 g/mol. The highest BCUT2D eigenvalue weighted by molar-refractivity contribution is 6.34. The summed E-state index contributed by atoms with van der Waals surface area (Å²) < 4.78 is 2.47. The SMILES string of the molecule is CC1(C)c2ccccc2-c2c1ccc1c2c2ccccc2c2c3ccccc3n(-c3ccccc3)c12. The lowest BCUT2D eigenvalue weighted by molar-refractivity contribution is 0.661. The van der Waals surface area contributed by atoms with Crippen molar-refractivity contribution in [1.82, 2.24) is 4.57 Å². The molecule has 7 aromatic rings. The van der Waals surface area contributed by atoms with Crippen LogP contribution in [0.5, 0.6) is 0 Å². The van der Waals surface area contributed by atoms with E-state index in [1.54, 1.807) is 0 Å². The van der Waals surface area contributed by atoms with Gasteiger partial charge in [-0.3, -0.25) is 0 Å². The second kappa shape index (κ2) is 6.86. The van der Waals surface area contributed by atoms with E-state index in [4.69, 9.17) is 0 Å². The van der Waals surface area contributed by atoms with Gasteiger partial charge in [-0.15, -0.1) is 0 Å². The van der Waals surface area contributed by atoms with Crippen LogP contribution in [0.3, 0.4) is 0 Å². The molecule has 0 saturated carbocycles. The average Bonchev–Trinajstić information content (AvgIpc) is 3.39. The van der Waals surface area contributed by atoms with E-state index < -0.39 is 0 Å². The number of nitrogens with zero attached hydrogens (tertiary/aromatic N) is 1. The molecule has 1 aliphatic rings. The fourth-order valence-electron chi connectivity index (χ4n) is 6.80. The van der Waals surface area contributed by atoms with Crippen molar-refractivity contribution >= 4 is 43.4 Å². The van der Waals surface area contributed by atoms with Crippen molar-refractivity contribution in [3.05, 3.63) is 126 Å². The van der Waals surface area contributed by atoms with Crippen molar-refractivity contribution in [3.63, 3.8) is 0 Å². The molecule has 0 fully saturated rings. The third-order valence-electron chi connectivity index (χ3n) is 8.36. The van der Waals surface area contributed by atoms with Gasteiger partial charge in [0.05, 0.1) is 11.0 Å². The van der Waals surface area contributed by atoms with Crippen molar-refractivity contribution in [3.8, 4) is 16.8 Å². The third-order valence-corrected chi connectivity index (χ3v) is 8.36. The Labute approximate surface area is 210 Å². The smallest absolute Gasteiger partial charge is 0.0626 e. The summed E-state index contributed by atoms with van der Waals surface area (Å²) in [5.74, 6) is 0. The summed E-state index contributed by atoms with van der Waals surface area (Å²) in [7, 11) is 0.